The van der Waals surface area contributed by atoms with E-state index in [-0.39, 0.29) is 12.4 Å². The van der Waals surface area contributed by atoms with Crippen LogP contribution in [-0.4, -0.2) is 44.0 Å². The summed E-state index contributed by atoms with van der Waals surface area (Å²) < 4.78 is 11.2. The lowest BCUT2D eigenvalue weighted by molar-refractivity contribution is -0.203. The molecule has 0 N–H and O–H groups in total. The number of likely N-dealkylation sites (N-methyl/N-ethyl adjacent to an activating group) is 1. The molecule has 0 aromatic rings. The second-order valence-corrected chi connectivity index (χ2v) is 3.83. The van der Waals surface area contributed by atoms with E-state index in [1.54, 1.807) is 0 Å². The molecule has 1 saturated heterocycles. The van der Waals surface area contributed by atoms with Crippen molar-refractivity contribution in [3.05, 3.63) is 0 Å². The molecular weight excluding hydrogens is 166 g/mol. The number of nitrogens with zero attached hydrogens (tertiary/aromatic N) is 1. The molecule has 3 nitrogen and oxygen atoms in total. The Morgan fingerprint density at radius 2 is 2.08 bits per heavy atom. The van der Waals surface area contributed by atoms with Crippen molar-refractivity contribution in [3.8, 4) is 0 Å². The van der Waals surface area contributed by atoms with Crippen LogP contribution in [0.3, 0.4) is 0 Å². The van der Waals surface area contributed by atoms with Gasteiger partial charge in [0, 0.05) is 12.6 Å². The summed E-state index contributed by atoms with van der Waals surface area (Å²) in [7, 11) is 4.21. The monoisotopic (exact) mass is 187 g/mol. The minimum Gasteiger partial charge on any atom is -0.353 e. The number of hydrogen-bond acceptors (Lipinski definition) is 3. The van der Waals surface area contributed by atoms with Gasteiger partial charge in [0.2, 0.25) is 0 Å². The van der Waals surface area contributed by atoms with E-state index in [1.807, 2.05) is 6.92 Å². The highest BCUT2D eigenvalue weighted by atomic mass is 16.7. The maximum absolute atomic E-state index is 5.74. The van der Waals surface area contributed by atoms with Gasteiger partial charge in [-0.15, -0.1) is 0 Å². The smallest absolute Gasteiger partial charge is 0.158 e. The summed E-state index contributed by atoms with van der Waals surface area (Å²) in [5, 5.41) is 0. The molecule has 3 heteroatoms. The molecule has 0 bridgehead atoms. The Morgan fingerprint density at radius 1 is 1.38 bits per heavy atom. The fourth-order valence-corrected chi connectivity index (χ4v) is 1.93. The van der Waals surface area contributed by atoms with Crippen molar-refractivity contribution in [2.45, 2.75) is 45.1 Å². The van der Waals surface area contributed by atoms with Crippen molar-refractivity contribution in [2.24, 2.45) is 0 Å². The standard InChI is InChI=1S/C10H21NO2/c1-5-12-10-7-6-9(11(3)4)8(2)13-10/h8-10H,5-7H2,1-4H3/t8-,9-,10-/m1/s1. The quantitative estimate of drug-likeness (QED) is 0.668. The molecule has 0 radical (unpaired) electrons. The molecule has 0 unspecified atom stereocenters. The van der Waals surface area contributed by atoms with E-state index in [0.717, 1.165) is 13.0 Å². The normalized spacial score (nSPS) is 35.3. The average molecular weight is 187 g/mol. The summed E-state index contributed by atoms with van der Waals surface area (Å²) >= 11 is 0. The molecule has 0 spiro atoms. The molecule has 1 heterocycles. The minimum absolute atomic E-state index is 0.0243. The Labute approximate surface area is 81.0 Å². The molecule has 0 aromatic carbocycles. The summed E-state index contributed by atoms with van der Waals surface area (Å²) in [6, 6.07) is 0.539. The van der Waals surface area contributed by atoms with E-state index >= 15 is 0 Å². The van der Waals surface area contributed by atoms with Gasteiger partial charge in [0.1, 0.15) is 0 Å². The third-order valence-electron chi connectivity index (χ3n) is 2.62. The first-order valence-corrected chi connectivity index (χ1v) is 5.08. The Hall–Kier alpha value is -0.120. The topological polar surface area (TPSA) is 21.7 Å². The van der Waals surface area contributed by atoms with Gasteiger partial charge in [0.15, 0.2) is 6.29 Å². The number of hydrogen-bond donors (Lipinski definition) is 0. The third-order valence-corrected chi connectivity index (χ3v) is 2.62. The lowest BCUT2D eigenvalue weighted by Gasteiger charge is -2.37. The van der Waals surface area contributed by atoms with Crippen LogP contribution >= 0.6 is 0 Å². The van der Waals surface area contributed by atoms with Crippen LogP contribution in [0.1, 0.15) is 26.7 Å². The summed E-state index contributed by atoms with van der Waals surface area (Å²) in [5.74, 6) is 0. The van der Waals surface area contributed by atoms with Gasteiger partial charge in [-0.2, -0.15) is 0 Å². The highest BCUT2D eigenvalue weighted by Crippen LogP contribution is 2.22. The van der Waals surface area contributed by atoms with E-state index in [0.29, 0.717) is 6.04 Å². The first-order chi connectivity index (χ1) is 6.15. The lowest BCUT2D eigenvalue weighted by Crippen LogP contribution is -2.45. The largest absolute Gasteiger partial charge is 0.353 e. The van der Waals surface area contributed by atoms with E-state index in [2.05, 4.69) is 25.9 Å². The fraction of sp³-hybridized carbons (Fsp3) is 1.00. The zero-order valence-corrected chi connectivity index (χ0v) is 9.12. The van der Waals surface area contributed by atoms with E-state index in [9.17, 15) is 0 Å². The Bertz CT molecular complexity index is 150. The van der Waals surface area contributed by atoms with Crippen LogP contribution in [-0.2, 0) is 9.47 Å². The van der Waals surface area contributed by atoms with Gasteiger partial charge in [-0.1, -0.05) is 0 Å². The SMILES string of the molecule is CCO[C@H]1CC[C@@H](N(C)C)[C@@H](C)O1. The zero-order valence-electron chi connectivity index (χ0n) is 9.12. The highest BCUT2D eigenvalue weighted by Gasteiger charge is 2.29. The van der Waals surface area contributed by atoms with Crippen LogP contribution in [0.5, 0.6) is 0 Å². The van der Waals surface area contributed by atoms with E-state index in [4.69, 9.17) is 9.47 Å². The molecule has 78 valence electrons. The zero-order chi connectivity index (χ0) is 9.84. The Kier molecular flexibility index (Phi) is 4.16. The van der Waals surface area contributed by atoms with Crippen molar-refractivity contribution in [1.82, 2.24) is 4.90 Å². The lowest BCUT2D eigenvalue weighted by atomic mass is 10.0. The van der Waals surface area contributed by atoms with Crippen LogP contribution in [0.2, 0.25) is 0 Å². The first kappa shape index (κ1) is 11.0. The van der Waals surface area contributed by atoms with Gasteiger partial charge >= 0.3 is 0 Å². The van der Waals surface area contributed by atoms with E-state index < -0.39 is 0 Å². The average Bonchev–Trinajstić information content (AvgIpc) is 2.04. The molecule has 0 aliphatic carbocycles. The summed E-state index contributed by atoms with van der Waals surface area (Å²) in [5.41, 5.74) is 0. The van der Waals surface area contributed by atoms with Crippen molar-refractivity contribution >= 4 is 0 Å². The maximum Gasteiger partial charge on any atom is 0.158 e. The molecular formula is C10H21NO2. The molecule has 13 heavy (non-hydrogen) atoms. The van der Waals surface area contributed by atoms with Crippen molar-refractivity contribution < 1.29 is 9.47 Å². The van der Waals surface area contributed by atoms with Crippen LogP contribution < -0.4 is 0 Å². The maximum atomic E-state index is 5.74. The number of ether oxygens (including phenoxy) is 2. The van der Waals surface area contributed by atoms with Gasteiger partial charge in [-0.05, 0) is 40.8 Å². The molecule has 1 aliphatic heterocycles. The second kappa shape index (κ2) is 4.94. The van der Waals surface area contributed by atoms with Crippen LogP contribution in [0.4, 0.5) is 0 Å². The van der Waals surface area contributed by atoms with Crippen LogP contribution in [0.25, 0.3) is 0 Å². The predicted octanol–water partition coefficient (Wildman–Crippen LogP) is 1.48. The van der Waals surface area contributed by atoms with E-state index in [1.165, 1.54) is 6.42 Å². The van der Waals surface area contributed by atoms with Gasteiger partial charge in [-0.3, -0.25) is 0 Å². The highest BCUT2D eigenvalue weighted by molar-refractivity contribution is 4.78. The Morgan fingerprint density at radius 3 is 2.54 bits per heavy atom. The van der Waals surface area contributed by atoms with Gasteiger partial charge in [0.05, 0.1) is 6.10 Å². The van der Waals surface area contributed by atoms with Crippen molar-refractivity contribution in [2.75, 3.05) is 20.7 Å². The molecule has 3 atom stereocenters. The predicted molar refractivity (Wildman–Crippen MR) is 52.7 cm³/mol. The third kappa shape index (κ3) is 2.93. The van der Waals surface area contributed by atoms with Crippen molar-refractivity contribution in [3.63, 3.8) is 0 Å². The summed E-state index contributed by atoms with van der Waals surface area (Å²) in [4.78, 5) is 2.23. The van der Waals surface area contributed by atoms with Gasteiger partial charge < -0.3 is 14.4 Å². The summed E-state index contributed by atoms with van der Waals surface area (Å²) in [6.07, 6.45) is 2.48. The number of rotatable bonds is 3. The molecule has 1 fully saturated rings. The first-order valence-electron chi connectivity index (χ1n) is 5.08. The van der Waals surface area contributed by atoms with Crippen molar-refractivity contribution in [1.29, 1.82) is 0 Å². The molecule has 1 rings (SSSR count). The van der Waals surface area contributed by atoms with Gasteiger partial charge in [-0.25, -0.2) is 0 Å². The van der Waals surface area contributed by atoms with Crippen LogP contribution in [0, 0.1) is 0 Å². The summed E-state index contributed by atoms with van der Waals surface area (Å²) in [6.45, 7) is 4.87. The van der Waals surface area contributed by atoms with Crippen LogP contribution in [0.15, 0.2) is 0 Å². The fourth-order valence-electron chi connectivity index (χ4n) is 1.93. The molecule has 0 aromatic heterocycles. The Balaban J connectivity index is 2.37. The molecule has 0 amide bonds. The second-order valence-electron chi connectivity index (χ2n) is 3.83. The van der Waals surface area contributed by atoms with Gasteiger partial charge in [0.25, 0.3) is 0 Å². The minimum atomic E-state index is 0.0243. The molecule has 0 saturated carbocycles. The molecule has 1 aliphatic rings.